The van der Waals surface area contributed by atoms with Crippen LogP contribution in [0.1, 0.15) is 41.9 Å². The number of furan rings is 1. The van der Waals surface area contributed by atoms with E-state index in [0.717, 1.165) is 38.2 Å². The Kier molecular flexibility index (Phi) is 4.34. The Morgan fingerprint density at radius 3 is 2.72 bits per heavy atom. The van der Waals surface area contributed by atoms with E-state index in [1.165, 1.54) is 12.8 Å². The van der Waals surface area contributed by atoms with Gasteiger partial charge in [0.2, 0.25) is 0 Å². The molecule has 1 spiro atoms. The fraction of sp³-hybridized carbons (Fsp3) is 0.500. The van der Waals surface area contributed by atoms with Crippen molar-refractivity contribution in [1.82, 2.24) is 14.8 Å². The standard InChI is InChI=1S/C20H25N3O2/c1-22(15-16-5-4-14-25-16)18-7-8-20(18)9-12-23(13-10-20)19(24)17-6-2-3-11-21-17/h2-6,11,14,18H,7-10,12-13,15H2,1H3/t18-/m1/s1. The zero-order valence-electron chi connectivity index (χ0n) is 14.7. The van der Waals surface area contributed by atoms with Crippen LogP contribution in [0.2, 0.25) is 0 Å². The number of hydrogen-bond donors (Lipinski definition) is 0. The van der Waals surface area contributed by atoms with Crippen molar-refractivity contribution in [2.75, 3.05) is 20.1 Å². The highest BCUT2D eigenvalue weighted by molar-refractivity contribution is 5.92. The third kappa shape index (κ3) is 3.09. The van der Waals surface area contributed by atoms with Crippen LogP contribution >= 0.6 is 0 Å². The van der Waals surface area contributed by atoms with Gasteiger partial charge in [0.1, 0.15) is 11.5 Å². The van der Waals surface area contributed by atoms with Crippen molar-refractivity contribution < 1.29 is 9.21 Å². The summed E-state index contributed by atoms with van der Waals surface area (Å²) < 4.78 is 5.49. The van der Waals surface area contributed by atoms with Gasteiger partial charge in [0, 0.05) is 25.3 Å². The topological polar surface area (TPSA) is 49.6 Å². The van der Waals surface area contributed by atoms with Crippen molar-refractivity contribution in [3.05, 3.63) is 54.2 Å². The second-order valence-corrected chi connectivity index (χ2v) is 7.42. The van der Waals surface area contributed by atoms with Gasteiger partial charge in [-0.15, -0.1) is 0 Å². The molecule has 5 heteroatoms. The summed E-state index contributed by atoms with van der Waals surface area (Å²) in [5, 5.41) is 0. The highest BCUT2D eigenvalue weighted by Crippen LogP contribution is 2.51. The Labute approximate surface area is 148 Å². The summed E-state index contributed by atoms with van der Waals surface area (Å²) in [4.78, 5) is 21.2. The van der Waals surface area contributed by atoms with Crippen molar-refractivity contribution in [3.8, 4) is 0 Å². The van der Waals surface area contributed by atoms with E-state index in [0.29, 0.717) is 17.2 Å². The first-order valence-corrected chi connectivity index (χ1v) is 9.11. The molecule has 1 saturated heterocycles. The van der Waals surface area contributed by atoms with E-state index in [-0.39, 0.29) is 5.91 Å². The van der Waals surface area contributed by atoms with Crippen molar-refractivity contribution in [3.63, 3.8) is 0 Å². The van der Waals surface area contributed by atoms with Crippen molar-refractivity contribution in [1.29, 1.82) is 0 Å². The quantitative estimate of drug-likeness (QED) is 0.858. The summed E-state index contributed by atoms with van der Waals surface area (Å²) in [5.41, 5.74) is 0.918. The number of pyridine rings is 1. The molecule has 3 heterocycles. The molecule has 5 nitrogen and oxygen atoms in total. The molecule has 1 saturated carbocycles. The van der Waals surface area contributed by atoms with Crippen LogP contribution in [-0.4, -0.2) is 46.9 Å². The van der Waals surface area contributed by atoms with Gasteiger partial charge >= 0.3 is 0 Å². The molecule has 1 atom stereocenters. The van der Waals surface area contributed by atoms with Crippen LogP contribution in [-0.2, 0) is 6.54 Å². The molecule has 0 bridgehead atoms. The number of nitrogens with zero attached hydrogens (tertiary/aromatic N) is 3. The lowest BCUT2D eigenvalue weighted by atomic mass is 9.58. The lowest BCUT2D eigenvalue weighted by Crippen LogP contribution is -2.58. The number of carbonyl (C=O) groups is 1. The van der Waals surface area contributed by atoms with Gasteiger partial charge in [-0.2, -0.15) is 0 Å². The zero-order valence-corrected chi connectivity index (χ0v) is 14.7. The molecule has 0 aromatic carbocycles. The molecule has 1 amide bonds. The molecule has 2 aromatic rings. The Bertz CT molecular complexity index is 706. The lowest BCUT2D eigenvalue weighted by Gasteiger charge is -2.56. The molecule has 2 aromatic heterocycles. The minimum Gasteiger partial charge on any atom is -0.468 e. The van der Waals surface area contributed by atoms with Gasteiger partial charge < -0.3 is 9.32 Å². The molecular weight excluding hydrogens is 314 g/mol. The van der Waals surface area contributed by atoms with Gasteiger partial charge in [-0.05, 0) is 62.4 Å². The average molecular weight is 339 g/mol. The fourth-order valence-corrected chi connectivity index (χ4v) is 4.52. The van der Waals surface area contributed by atoms with Crippen LogP contribution in [0.5, 0.6) is 0 Å². The first kappa shape index (κ1) is 16.3. The first-order chi connectivity index (χ1) is 12.2. The summed E-state index contributed by atoms with van der Waals surface area (Å²) in [5.74, 6) is 1.09. The highest BCUT2D eigenvalue weighted by Gasteiger charge is 2.50. The van der Waals surface area contributed by atoms with E-state index in [4.69, 9.17) is 4.42 Å². The number of hydrogen-bond acceptors (Lipinski definition) is 4. The Hall–Kier alpha value is -2.14. The molecule has 1 aliphatic heterocycles. The minimum absolute atomic E-state index is 0.0651. The number of carbonyl (C=O) groups excluding carboxylic acids is 1. The molecular formula is C20H25N3O2. The van der Waals surface area contributed by atoms with Gasteiger partial charge in [0.25, 0.3) is 5.91 Å². The largest absolute Gasteiger partial charge is 0.468 e. The second-order valence-electron chi connectivity index (χ2n) is 7.42. The van der Waals surface area contributed by atoms with Gasteiger partial charge in [-0.3, -0.25) is 14.7 Å². The van der Waals surface area contributed by atoms with Crippen LogP contribution in [0.4, 0.5) is 0 Å². The Balaban J connectivity index is 1.37. The molecule has 1 aliphatic carbocycles. The predicted molar refractivity (Wildman–Crippen MR) is 95.0 cm³/mol. The third-order valence-corrected chi connectivity index (χ3v) is 6.07. The molecule has 2 fully saturated rings. The van der Waals surface area contributed by atoms with E-state index in [9.17, 15) is 4.79 Å². The maximum atomic E-state index is 12.6. The Morgan fingerprint density at radius 1 is 1.28 bits per heavy atom. The third-order valence-electron chi connectivity index (χ3n) is 6.07. The molecule has 25 heavy (non-hydrogen) atoms. The van der Waals surface area contributed by atoms with Gasteiger partial charge in [0.15, 0.2) is 0 Å². The summed E-state index contributed by atoms with van der Waals surface area (Å²) in [6, 6.07) is 10.1. The van der Waals surface area contributed by atoms with Crippen LogP contribution in [0.25, 0.3) is 0 Å². The smallest absolute Gasteiger partial charge is 0.272 e. The van der Waals surface area contributed by atoms with Crippen LogP contribution in [0.3, 0.4) is 0 Å². The maximum absolute atomic E-state index is 12.6. The Morgan fingerprint density at radius 2 is 2.12 bits per heavy atom. The summed E-state index contributed by atoms with van der Waals surface area (Å²) >= 11 is 0. The maximum Gasteiger partial charge on any atom is 0.272 e. The average Bonchev–Trinajstić information content (AvgIpc) is 3.14. The first-order valence-electron chi connectivity index (χ1n) is 9.11. The zero-order chi connectivity index (χ0) is 17.3. The van der Waals surface area contributed by atoms with E-state index in [1.54, 1.807) is 18.5 Å². The summed E-state index contributed by atoms with van der Waals surface area (Å²) in [7, 11) is 2.19. The molecule has 0 radical (unpaired) electrons. The van der Waals surface area contributed by atoms with Crippen LogP contribution < -0.4 is 0 Å². The van der Waals surface area contributed by atoms with Gasteiger partial charge in [-0.1, -0.05) is 6.07 Å². The lowest BCUT2D eigenvalue weighted by molar-refractivity contribution is -0.0590. The van der Waals surface area contributed by atoms with Crippen molar-refractivity contribution >= 4 is 5.91 Å². The number of aromatic nitrogens is 1. The predicted octanol–water partition coefficient (Wildman–Crippen LogP) is 3.19. The normalized spacial score (nSPS) is 22.2. The second kappa shape index (κ2) is 6.64. The number of amides is 1. The van der Waals surface area contributed by atoms with E-state index in [1.807, 2.05) is 29.2 Å². The van der Waals surface area contributed by atoms with Crippen molar-refractivity contribution in [2.24, 2.45) is 5.41 Å². The van der Waals surface area contributed by atoms with E-state index < -0.39 is 0 Å². The van der Waals surface area contributed by atoms with Gasteiger partial charge in [0.05, 0.1) is 12.8 Å². The molecule has 132 valence electrons. The number of piperidine rings is 1. The van der Waals surface area contributed by atoms with Crippen LogP contribution in [0.15, 0.2) is 47.2 Å². The minimum atomic E-state index is 0.0651. The number of likely N-dealkylation sites (tertiary alicyclic amines) is 1. The fourth-order valence-electron chi connectivity index (χ4n) is 4.52. The van der Waals surface area contributed by atoms with E-state index >= 15 is 0 Å². The number of rotatable bonds is 4. The monoisotopic (exact) mass is 339 g/mol. The summed E-state index contributed by atoms with van der Waals surface area (Å²) in [6.07, 6.45) is 8.10. The molecule has 4 rings (SSSR count). The molecule has 0 unspecified atom stereocenters. The van der Waals surface area contributed by atoms with Gasteiger partial charge in [-0.25, -0.2) is 0 Å². The van der Waals surface area contributed by atoms with Crippen LogP contribution in [0, 0.1) is 5.41 Å². The molecule has 0 N–H and O–H groups in total. The van der Waals surface area contributed by atoms with Crippen molar-refractivity contribution in [2.45, 2.75) is 38.3 Å². The highest BCUT2D eigenvalue weighted by atomic mass is 16.3. The van der Waals surface area contributed by atoms with E-state index in [2.05, 4.69) is 16.9 Å². The summed E-state index contributed by atoms with van der Waals surface area (Å²) in [6.45, 7) is 2.52. The SMILES string of the molecule is CN(Cc1ccco1)[C@@H]1CCC12CCN(C(=O)c1ccccn1)CC2. The molecule has 2 aliphatic rings.